The van der Waals surface area contributed by atoms with E-state index >= 15 is 0 Å². The van der Waals surface area contributed by atoms with E-state index in [1.807, 2.05) is 30.3 Å². The van der Waals surface area contributed by atoms with Crippen LogP contribution in [0.2, 0.25) is 10.0 Å². The predicted molar refractivity (Wildman–Crippen MR) is 86.2 cm³/mol. The first-order chi connectivity index (χ1) is 10.2. The molecule has 3 rings (SSSR count). The molecule has 0 spiro atoms. The van der Waals surface area contributed by atoms with Crippen molar-refractivity contribution in [3.8, 4) is 11.5 Å². The standard InChI is InChI=1S/C16H12Cl2N2O/c17-10-5-11(18)7-13(6-10)21-16-8-12(9-19)20-15-4-2-1-3-14(15)16/h1-8H,9,19H2. The Morgan fingerprint density at radius 2 is 1.71 bits per heavy atom. The number of hydrogen-bond acceptors (Lipinski definition) is 3. The lowest BCUT2D eigenvalue weighted by Crippen LogP contribution is -2.00. The molecule has 0 fully saturated rings. The molecule has 0 bridgehead atoms. The van der Waals surface area contributed by atoms with Crippen molar-refractivity contribution in [1.82, 2.24) is 4.98 Å². The van der Waals surface area contributed by atoms with Gasteiger partial charge in [0.05, 0.1) is 11.2 Å². The van der Waals surface area contributed by atoms with E-state index in [9.17, 15) is 0 Å². The largest absolute Gasteiger partial charge is 0.456 e. The maximum atomic E-state index is 6.00. The molecule has 0 aliphatic rings. The van der Waals surface area contributed by atoms with Crippen LogP contribution in [0.3, 0.4) is 0 Å². The Labute approximate surface area is 132 Å². The van der Waals surface area contributed by atoms with E-state index < -0.39 is 0 Å². The van der Waals surface area contributed by atoms with Gasteiger partial charge in [-0.25, -0.2) is 0 Å². The van der Waals surface area contributed by atoms with E-state index in [1.54, 1.807) is 18.2 Å². The summed E-state index contributed by atoms with van der Waals surface area (Å²) in [5.41, 5.74) is 7.29. The van der Waals surface area contributed by atoms with Crippen molar-refractivity contribution in [2.75, 3.05) is 0 Å². The lowest BCUT2D eigenvalue weighted by atomic mass is 10.2. The van der Waals surface area contributed by atoms with Gasteiger partial charge in [0.2, 0.25) is 0 Å². The lowest BCUT2D eigenvalue weighted by Gasteiger charge is -2.11. The SMILES string of the molecule is NCc1cc(Oc2cc(Cl)cc(Cl)c2)c2ccccc2n1. The number of nitrogens with two attached hydrogens (primary N) is 1. The number of ether oxygens (including phenoxy) is 1. The van der Waals surface area contributed by atoms with E-state index in [-0.39, 0.29) is 0 Å². The summed E-state index contributed by atoms with van der Waals surface area (Å²) in [5.74, 6) is 1.26. The fourth-order valence-corrected chi connectivity index (χ4v) is 2.61. The molecular formula is C16H12Cl2N2O. The highest BCUT2D eigenvalue weighted by Crippen LogP contribution is 2.32. The van der Waals surface area contributed by atoms with Gasteiger partial charge in [0.1, 0.15) is 11.5 Å². The molecule has 2 N–H and O–H groups in total. The minimum Gasteiger partial charge on any atom is -0.456 e. The first kappa shape index (κ1) is 14.1. The smallest absolute Gasteiger partial charge is 0.138 e. The van der Waals surface area contributed by atoms with Crippen LogP contribution >= 0.6 is 23.2 Å². The average molecular weight is 319 g/mol. The molecular weight excluding hydrogens is 307 g/mol. The van der Waals surface area contributed by atoms with E-state index in [2.05, 4.69) is 4.98 Å². The number of nitrogens with zero attached hydrogens (tertiary/aromatic N) is 1. The van der Waals surface area contributed by atoms with Crippen LogP contribution in [0.1, 0.15) is 5.69 Å². The van der Waals surface area contributed by atoms with Gasteiger partial charge in [0.15, 0.2) is 0 Å². The Kier molecular flexibility index (Phi) is 3.97. The summed E-state index contributed by atoms with van der Waals surface area (Å²) in [6.45, 7) is 0.345. The molecule has 21 heavy (non-hydrogen) atoms. The van der Waals surface area contributed by atoms with Crippen molar-refractivity contribution < 1.29 is 4.74 Å². The van der Waals surface area contributed by atoms with Crippen LogP contribution < -0.4 is 10.5 Å². The molecule has 1 aromatic heterocycles. The van der Waals surface area contributed by atoms with Crippen LogP contribution in [0.5, 0.6) is 11.5 Å². The number of pyridine rings is 1. The molecule has 0 saturated heterocycles. The van der Waals surface area contributed by atoms with Gasteiger partial charge >= 0.3 is 0 Å². The number of aromatic nitrogens is 1. The molecule has 0 unspecified atom stereocenters. The van der Waals surface area contributed by atoms with Gasteiger partial charge in [-0.1, -0.05) is 35.3 Å². The van der Waals surface area contributed by atoms with E-state index in [1.165, 1.54) is 0 Å². The number of para-hydroxylation sites is 1. The number of hydrogen-bond donors (Lipinski definition) is 1. The van der Waals surface area contributed by atoms with Crippen molar-refractivity contribution >= 4 is 34.1 Å². The van der Waals surface area contributed by atoms with Gasteiger partial charge in [0.25, 0.3) is 0 Å². The minimum atomic E-state index is 0.345. The van der Waals surface area contributed by atoms with Crippen molar-refractivity contribution in [3.05, 3.63) is 64.3 Å². The van der Waals surface area contributed by atoms with Crippen LogP contribution in [0, 0.1) is 0 Å². The third-order valence-electron chi connectivity index (χ3n) is 3.00. The Hall–Kier alpha value is -1.81. The topological polar surface area (TPSA) is 48.1 Å². The zero-order chi connectivity index (χ0) is 14.8. The zero-order valence-corrected chi connectivity index (χ0v) is 12.5. The molecule has 0 aliphatic carbocycles. The quantitative estimate of drug-likeness (QED) is 0.755. The molecule has 106 valence electrons. The van der Waals surface area contributed by atoms with Crippen molar-refractivity contribution in [2.45, 2.75) is 6.54 Å². The van der Waals surface area contributed by atoms with Crippen LogP contribution in [0.25, 0.3) is 10.9 Å². The normalized spacial score (nSPS) is 10.8. The Bertz CT molecular complexity index is 785. The summed E-state index contributed by atoms with van der Waals surface area (Å²) in [5, 5.41) is 1.95. The molecule has 0 aliphatic heterocycles. The van der Waals surface area contributed by atoms with Crippen molar-refractivity contribution in [3.63, 3.8) is 0 Å². The van der Waals surface area contributed by atoms with Crippen molar-refractivity contribution in [2.24, 2.45) is 5.73 Å². The fourth-order valence-electron chi connectivity index (χ4n) is 2.10. The fraction of sp³-hybridized carbons (Fsp3) is 0.0625. The summed E-state index contributed by atoms with van der Waals surface area (Å²) in [6.07, 6.45) is 0. The Morgan fingerprint density at radius 1 is 1.00 bits per heavy atom. The van der Waals surface area contributed by atoms with Crippen LogP contribution in [0.4, 0.5) is 0 Å². The third-order valence-corrected chi connectivity index (χ3v) is 3.44. The maximum Gasteiger partial charge on any atom is 0.138 e. The first-order valence-electron chi connectivity index (χ1n) is 6.38. The lowest BCUT2D eigenvalue weighted by molar-refractivity contribution is 0.487. The van der Waals surface area contributed by atoms with E-state index in [0.717, 1.165) is 16.6 Å². The molecule has 1 heterocycles. The molecule has 3 aromatic rings. The van der Waals surface area contributed by atoms with Crippen molar-refractivity contribution in [1.29, 1.82) is 0 Å². The van der Waals surface area contributed by atoms with Gasteiger partial charge in [-0.05, 0) is 30.3 Å². The van der Waals surface area contributed by atoms with Gasteiger partial charge < -0.3 is 10.5 Å². The van der Waals surface area contributed by atoms with E-state index in [4.69, 9.17) is 33.7 Å². The maximum absolute atomic E-state index is 6.00. The summed E-state index contributed by atoms with van der Waals surface area (Å²) in [6, 6.07) is 14.6. The van der Waals surface area contributed by atoms with Gasteiger partial charge in [-0.2, -0.15) is 0 Å². The Morgan fingerprint density at radius 3 is 2.43 bits per heavy atom. The number of rotatable bonds is 3. The van der Waals surface area contributed by atoms with Gasteiger partial charge in [-0.15, -0.1) is 0 Å². The van der Waals surface area contributed by atoms with Gasteiger partial charge in [0, 0.05) is 28.0 Å². The predicted octanol–water partition coefficient (Wildman–Crippen LogP) is 4.79. The first-order valence-corrected chi connectivity index (χ1v) is 7.14. The second-order valence-electron chi connectivity index (χ2n) is 4.54. The third kappa shape index (κ3) is 3.10. The number of benzene rings is 2. The molecule has 2 aromatic carbocycles. The molecule has 0 amide bonds. The molecule has 0 radical (unpaired) electrons. The summed E-state index contributed by atoms with van der Waals surface area (Å²) < 4.78 is 5.93. The summed E-state index contributed by atoms with van der Waals surface area (Å²) in [4.78, 5) is 4.47. The second-order valence-corrected chi connectivity index (χ2v) is 5.41. The molecule has 0 atom stereocenters. The highest BCUT2D eigenvalue weighted by molar-refractivity contribution is 6.34. The number of halogens is 2. The number of fused-ring (bicyclic) bond motifs is 1. The van der Waals surface area contributed by atoms with Gasteiger partial charge in [-0.3, -0.25) is 4.98 Å². The monoisotopic (exact) mass is 318 g/mol. The zero-order valence-electron chi connectivity index (χ0n) is 11.0. The molecule has 5 heteroatoms. The van der Waals surface area contributed by atoms with Crippen LogP contribution in [-0.4, -0.2) is 4.98 Å². The molecule has 0 saturated carbocycles. The highest BCUT2D eigenvalue weighted by Gasteiger charge is 2.08. The Balaban J connectivity index is 2.10. The van der Waals surface area contributed by atoms with Crippen LogP contribution in [0.15, 0.2) is 48.5 Å². The summed E-state index contributed by atoms with van der Waals surface area (Å²) >= 11 is 12.0. The molecule has 3 nitrogen and oxygen atoms in total. The van der Waals surface area contributed by atoms with Crippen LogP contribution in [-0.2, 0) is 6.54 Å². The highest BCUT2D eigenvalue weighted by atomic mass is 35.5. The summed E-state index contributed by atoms with van der Waals surface area (Å²) in [7, 11) is 0. The second kappa shape index (κ2) is 5.90. The average Bonchev–Trinajstić information content (AvgIpc) is 2.46. The minimum absolute atomic E-state index is 0.345. The van der Waals surface area contributed by atoms with E-state index in [0.29, 0.717) is 28.1 Å².